The van der Waals surface area contributed by atoms with E-state index in [4.69, 9.17) is 0 Å². The van der Waals surface area contributed by atoms with Gasteiger partial charge in [0, 0.05) is 5.92 Å². The highest BCUT2D eigenvalue weighted by molar-refractivity contribution is 5.56. The molecular weight excluding hydrogens is 396 g/mol. The molecule has 3 heteroatoms. The standard InChI is InChI=1S/C29H36O3/c1-17-13-25(31)23(28(3,4)5)15-21(17)27(19-9-11-20(30)12-10-19)22-16-24(29(6,7)8)26(32)14-18(22)2/h9-16,27,30-32H,1-8H3. The number of rotatable bonds is 3. The number of hydrogen-bond donors (Lipinski definition) is 3. The van der Waals surface area contributed by atoms with Crippen molar-refractivity contribution in [3.8, 4) is 17.2 Å². The van der Waals surface area contributed by atoms with E-state index in [2.05, 4.69) is 53.7 Å². The number of hydrogen-bond acceptors (Lipinski definition) is 3. The molecule has 32 heavy (non-hydrogen) atoms. The predicted molar refractivity (Wildman–Crippen MR) is 132 cm³/mol. The minimum atomic E-state index is -0.216. The highest BCUT2D eigenvalue weighted by Gasteiger charge is 2.28. The smallest absolute Gasteiger partial charge is 0.119 e. The molecule has 0 radical (unpaired) electrons. The van der Waals surface area contributed by atoms with Crippen LogP contribution in [0, 0.1) is 13.8 Å². The van der Waals surface area contributed by atoms with Crippen LogP contribution in [0.15, 0.2) is 48.5 Å². The lowest BCUT2D eigenvalue weighted by molar-refractivity contribution is 0.445. The summed E-state index contributed by atoms with van der Waals surface area (Å²) in [5.41, 5.74) is 6.61. The van der Waals surface area contributed by atoms with E-state index in [9.17, 15) is 15.3 Å². The first-order chi connectivity index (χ1) is 14.7. The van der Waals surface area contributed by atoms with Crippen molar-refractivity contribution in [3.63, 3.8) is 0 Å². The Morgan fingerprint density at radius 3 is 1.31 bits per heavy atom. The molecule has 0 atom stereocenters. The summed E-state index contributed by atoms with van der Waals surface area (Å²) >= 11 is 0. The summed E-state index contributed by atoms with van der Waals surface area (Å²) in [5, 5.41) is 31.3. The van der Waals surface area contributed by atoms with Gasteiger partial charge in [-0.1, -0.05) is 65.8 Å². The number of aryl methyl sites for hydroxylation is 2. The molecule has 0 amide bonds. The molecule has 0 aliphatic heterocycles. The summed E-state index contributed by atoms with van der Waals surface area (Å²) in [5.74, 6) is 0.726. The molecule has 0 fully saturated rings. The third-order valence-electron chi connectivity index (χ3n) is 6.23. The summed E-state index contributed by atoms with van der Waals surface area (Å²) < 4.78 is 0. The molecule has 0 heterocycles. The average Bonchev–Trinajstić information content (AvgIpc) is 2.64. The second-order valence-corrected chi connectivity index (χ2v) is 11.0. The van der Waals surface area contributed by atoms with Crippen LogP contribution in [0.25, 0.3) is 0 Å². The highest BCUT2D eigenvalue weighted by Crippen LogP contribution is 2.43. The lowest BCUT2D eigenvalue weighted by Crippen LogP contribution is -2.16. The van der Waals surface area contributed by atoms with Gasteiger partial charge < -0.3 is 15.3 Å². The second-order valence-electron chi connectivity index (χ2n) is 11.0. The van der Waals surface area contributed by atoms with Gasteiger partial charge in [0.15, 0.2) is 0 Å². The largest absolute Gasteiger partial charge is 0.508 e. The molecule has 0 bridgehead atoms. The van der Waals surface area contributed by atoms with Gasteiger partial charge in [0.25, 0.3) is 0 Å². The van der Waals surface area contributed by atoms with Crippen molar-refractivity contribution in [1.29, 1.82) is 0 Å². The maximum Gasteiger partial charge on any atom is 0.119 e. The molecule has 0 saturated heterocycles. The zero-order valence-electron chi connectivity index (χ0n) is 20.5. The molecule has 0 aliphatic rings. The molecule has 0 aliphatic carbocycles. The molecule has 0 spiro atoms. The highest BCUT2D eigenvalue weighted by atomic mass is 16.3. The number of benzene rings is 3. The summed E-state index contributed by atoms with van der Waals surface area (Å²) in [6.45, 7) is 16.6. The van der Waals surface area contributed by atoms with Gasteiger partial charge in [-0.15, -0.1) is 0 Å². The van der Waals surface area contributed by atoms with E-state index in [1.165, 1.54) is 0 Å². The number of phenolic OH excluding ortho intramolecular Hbond substituents is 3. The van der Waals surface area contributed by atoms with Crippen LogP contribution in [-0.4, -0.2) is 15.3 Å². The Morgan fingerprint density at radius 2 is 0.969 bits per heavy atom. The summed E-state index contributed by atoms with van der Waals surface area (Å²) in [4.78, 5) is 0. The molecule has 3 nitrogen and oxygen atoms in total. The van der Waals surface area contributed by atoms with Crippen LogP contribution in [0.5, 0.6) is 17.2 Å². The molecule has 3 N–H and O–H groups in total. The first-order valence-electron chi connectivity index (χ1n) is 11.2. The molecule has 3 aromatic carbocycles. The van der Waals surface area contributed by atoms with Crippen LogP contribution < -0.4 is 0 Å². The normalized spacial score (nSPS) is 12.4. The number of aromatic hydroxyl groups is 3. The molecule has 3 aromatic rings. The fraction of sp³-hybridized carbons (Fsp3) is 0.379. The second kappa shape index (κ2) is 8.20. The first-order valence-corrected chi connectivity index (χ1v) is 11.2. The Balaban J connectivity index is 2.37. The zero-order chi connectivity index (χ0) is 24.0. The maximum atomic E-state index is 10.7. The van der Waals surface area contributed by atoms with Crippen molar-refractivity contribution in [2.75, 3.05) is 0 Å². The first kappa shape index (κ1) is 23.7. The van der Waals surface area contributed by atoms with Gasteiger partial charge in [-0.05, 0) is 87.9 Å². The SMILES string of the molecule is Cc1cc(O)c(C(C)(C)C)cc1C(c1ccc(O)cc1)c1cc(C(C)(C)C)c(O)cc1C. The van der Waals surface area contributed by atoms with Crippen molar-refractivity contribution < 1.29 is 15.3 Å². The van der Waals surface area contributed by atoms with Crippen molar-refractivity contribution in [2.45, 2.75) is 72.1 Å². The topological polar surface area (TPSA) is 60.7 Å². The van der Waals surface area contributed by atoms with Crippen LogP contribution >= 0.6 is 0 Å². The molecule has 170 valence electrons. The van der Waals surface area contributed by atoms with Gasteiger partial charge >= 0.3 is 0 Å². The van der Waals surface area contributed by atoms with Crippen molar-refractivity contribution in [3.05, 3.63) is 87.5 Å². The van der Waals surface area contributed by atoms with E-state index in [-0.39, 0.29) is 22.5 Å². The summed E-state index contributed by atoms with van der Waals surface area (Å²) in [6.07, 6.45) is 0. The van der Waals surface area contributed by atoms with Crippen LogP contribution in [0.3, 0.4) is 0 Å². The molecular formula is C29H36O3. The van der Waals surface area contributed by atoms with Gasteiger partial charge in [-0.2, -0.15) is 0 Å². The quantitative estimate of drug-likeness (QED) is 0.384. The molecule has 0 aromatic heterocycles. The Hall–Kier alpha value is -2.94. The van der Waals surface area contributed by atoms with Crippen LogP contribution in [0.1, 0.15) is 86.4 Å². The lowest BCUT2D eigenvalue weighted by Gasteiger charge is -2.29. The fourth-order valence-electron chi connectivity index (χ4n) is 4.44. The van der Waals surface area contributed by atoms with Crippen molar-refractivity contribution in [1.82, 2.24) is 0 Å². The third-order valence-corrected chi connectivity index (χ3v) is 6.23. The number of phenols is 3. The van der Waals surface area contributed by atoms with Gasteiger partial charge in [0.05, 0.1) is 0 Å². The molecule has 0 unspecified atom stereocenters. The van der Waals surface area contributed by atoms with E-state index < -0.39 is 0 Å². The van der Waals surface area contributed by atoms with Crippen LogP contribution in [0.4, 0.5) is 0 Å². The van der Waals surface area contributed by atoms with Crippen molar-refractivity contribution in [2.24, 2.45) is 0 Å². The van der Waals surface area contributed by atoms with Crippen LogP contribution in [-0.2, 0) is 10.8 Å². The van der Waals surface area contributed by atoms with E-state index >= 15 is 0 Å². The lowest BCUT2D eigenvalue weighted by atomic mass is 9.75. The van der Waals surface area contributed by atoms with Crippen LogP contribution in [0.2, 0.25) is 0 Å². The van der Waals surface area contributed by atoms with Gasteiger partial charge in [-0.25, -0.2) is 0 Å². The average molecular weight is 433 g/mol. The summed E-state index contributed by atoms with van der Waals surface area (Å²) in [7, 11) is 0. The van der Waals surface area contributed by atoms with E-state index in [1.54, 1.807) is 12.1 Å². The summed E-state index contributed by atoms with van der Waals surface area (Å²) in [6, 6.07) is 15.3. The Kier molecular flexibility index (Phi) is 6.08. The Labute approximate surface area is 192 Å². The molecule has 0 saturated carbocycles. The maximum absolute atomic E-state index is 10.7. The Morgan fingerprint density at radius 1 is 0.594 bits per heavy atom. The van der Waals surface area contributed by atoms with Gasteiger partial charge in [0.1, 0.15) is 17.2 Å². The fourth-order valence-corrected chi connectivity index (χ4v) is 4.44. The van der Waals surface area contributed by atoms with Crippen molar-refractivity contribution >= 4 is 0 Å². The van der Waals surface area contributed by atoms with E-state index in [0.717, 1.165) is 38.9 Å². The van der Waals surface area contributed by atoms with E-state index in [1.807, 2.05) is 38.1 Å². The minimum Gasteiger partial charge on any atom is -0.508 e. The van der Waals surface area contributed by atoms with Gasteiger partial charge in [-0.3, -0.25) is 0 Å². The third kappa shape index (κ3) is 4.62. The molecule has 3 rings (SSSR count). The minimum absolute atomic E-state index is 0.112. The van der Waals surface area contributed by atoms with Gasteiger partial charge in [0.2, 0.25) is 0 Å². The predicted octanol–water partition coefficient (Wildman–Crippen LogP) is 7.20. The monoisotopic (exact) mass is 432 g/mol. The Bertz CT molecular complexity index is 1060. The van der Waals surface area contributed by atoms with E-state index in [0.29, 0.717) is 11.5 Å². The zero-order valence-corrected chi connectivity index (χ0v) is 20.5.